The summed E-state index contributed by atoms with van der Waals surface area (Å²) in [5, 5.41) is 5.05. The average molecular weight is 318 g/mol. The molecule has 0 amide bonds. The van der Waals surface area contributed by atoms with Crippen molar-refractivity contribution in [3.8, 4) is 0 Å². The molecule has 0 aliphatic rings. The maximum absolute atomic E-state index is 5.77. The van der Waals surface area contributed by atoms with Gasteiger partial charge in [0.1, 0.15) is 0 Å². The van der Waals surface area contributed by atoms with Gasteiger partial charge in [0.25, 0.3) is 0 Å². The third-order valence-corrected chi connectivity index (χ3v) is 3.32. The quantitative estimate of drug-likeness (QED) is 0.474. The van der Waals surface area contributed by atoms with Crippen molar-refractivity contribution in [2.45, 2.75) is 13.1 Å². The number of nitrogens with zero attached hydrogens (tertiary/aromatic N) is 4. The van der Waals surface area contributed by atoms with Crippen molar-refractivity contribution in [2.24, 2.45) is 0 Å². The van der Waals surface area contributed by atoms with Gasteiger partial charge in [-0.2, -0.15) is 15.1 Å². The van der Waals surface area contributed by atoms with Crippen LogP contribution in [0.1, 0.15) is 5.56 Å². The van der Waals surface area contributed by atoms with E-state index in [2.05, 4.69) is 25.9 Å². The summed E-state index contributed by atoms with van der Waals surface area (Å²) in [6.45, 7) is 1.22. The van der Waals surface area contributed by atoms with E-state index in [0.29, 0.717) is 30.4 Å². The number of aryl methyl sites for hydroxylation is 1. The normalized spacial score (nSPS) is 11.0. The zero-order chi connectivity index (χ0) is 15.4. The number of anilines is 2. The Labute approximate surface area is 132 Å². The van der Waals surface area contributed by atoms with Gasteiger partial charge in [0, 0.05) is 12.4 Å². The molecule has 0 bridgehead atoms. The highest BCUT2D eigenvalue weighted by molar-refractivity contribution is 6.17. The van der Waals surface area contributed by atoms with Crippen molar-refractivity contribution in [2.75, 3.05) is 17.0 Å². The van der Waals surface area contributed by atoms with E-state index < -0.39 is 0 Å². The van der Waals surface area contributed by atoms with E-state index in [9.17, 15) is 0 Å². The van der Waals surface area contributed by atoms with E-state index in [1.165, 1.54) is 0 Å². The fourth-order valence-electron chi connectivity index (χ4n) is 2.14. The summed E-state index contributed by atoms with van der Waals surface area (Å²) in [4.78, 5) is 8.43. The summed E-state index contributed by atoms with van der Waals surface area (Å²) >= 11 is 5.76. The molecule has 0 saturated carbocycles. The monoisotopic (exact) mass is 317 g/mol. The fraction of sp³-hybridized carbons (Fsp3) is 0.214. The van der Waals surface area contributed by atoms with Gasteiger partial charge in [-0.15, -0.1) is 11.6 Å². The van der Waals surface area contributed by atoms with Crippen LogP contribution in [0.3, 0.4) is 0 Å². The third-order valence-electron chi connectivity index (χ3n) is 3.15. The number of rotatable bonds is 6. The van der Waals surface area contributed by atoms with Gasteiger partial charge in [-0.25, -0.2) is 10.1 Å². The van der Waals surface area contributed by atoms with Gasteiger partial charge in [-0.05, 0) is 5.56 Å². The first-order valence-corrected chi connectivity index (χ1v) is 7.39. The summed E-state index contributed by atoms with van der Waals surface area (Å²) in [5.41, 5.74) is 13.8. The SMILES string of the molecule is Nc1nc(NNCc2ccccc2)c2cnn(CCCl)c2n1. The van der Waals surface area contributed by atoms with Gasteiger partial charge in [0.05, 0.1) is 18.1 Å². The number of nitrogens with one attached hydrogen (secondary N) is 2. The molecule has 2 heterocycles. The number of alkyl halides is 1. The topological polar surface area (TPSA) is 93.7 Å². The molecule has 114 valence electrons. The maximum atomic E-state index is 5.77. The third kappa shape index (κ3) is 3.10. The Kier molecular flexibility index (Phi) is 4.36. The van der Waals surface area contributed by atoms with Crippen molar-refractivity contribution < 1.29 is 0 Å². The second-order valence-electron chi connectivity index (χ2n) is 4.69. The van der Waals surface area contributed by atoms with Crippen LogP contribution in [0.5, 0.6) is 0 Å². The molecule has 2 aromatic heterocycles. The molecular weight excluding hydrogens is 302 g/mol. The van der Waals surface area contributed by atoms with Crippen LogP contribution in [0.25, 0.3) is 11.0 Å². The first-order valence-electron chi connectivity index (χ1n) is 6.85. The Morgan fingerprint density at radius 1 is 1.18 bits per heavy atom. The number of benzene rings is 1. The molecule has 3 aromatic rings. The molecule has 0 radical (unpaired) electrons. The average Bonchev–Trinajstić information content (AvgIpc) is 2.92. The number of hydrogen-bond acceptors (Lipinski definition) is 6. The maximum Gasteiger partial charge on any atom is 0.224 e. The highest BCUT2D eigenvalue weighted by atomic mass is 35.5. The molecule has 0 fully saturated rings. The minimum Gasteiger partial charge on any atom is -0.368 e. The van der Waals surface area contributed by atoms with E-state index in [1.54, 1.807) is 10.9 Å². The number of hydrazine groups is 1. The second kappa shape index (κ2) is 6.59. The summed E-state index contributed by atoms with van der Waals surface area (Å²) in [7, 11) is 0. The number of aromatic nitrogens is 4. The molecular formula is C14H16ClN7. The van der Waals surface area contributed by atoms with E-state index in [-0.39, 0.29) is 5.95 Å². The van der Waals surface area contributed by atoms with Gasteiger partial charge in [0.2, 0.25) is 5.95 Å². The molecule has 4 N–H and O–H groups in total. The molecule has 1 aromatic carbocycles. The van der Waals surface area contributed by atoms with E-state index in [0.717, 1.165) is 10.9 Å². The number of fused-ring (bicyclic) bond motifs is 1. The lowest BCUT2D eigenvalue weighted by atomic mass is 10.2. The van der Waals surface area contributed by atoms with Crippen LogP contribution < -0.4 is 16.6 Å². The number of halogens is 1. The second-order valence-corrected chi connectivity index (χ2v) is 5.07. The van der Waals surface area contributed by atoms with Crippen LogP contribution in [-0.4, -0.2) is 25.6 Å². The van der Waals surface area contributed by atoms with Crippen LogP contribution in [0.4, 0.5) is 11.8 Å². The van der Waals surface area contributed by atoms with Gasteiger partial charge in [0.15, 0.2) is 11.5 Å². The zero-order valence-corrected chi connectivity index (χ0v) is 12.6. The molecule has 0 unspecified atom stereocenters. The van der Waals surface area contributed by atoms with Crippen LogP contribution in [0.15, 0.2) is 36.5 Å². The lowest BCUT2D eigenvalue weighted by Gasteiger charge is -2.09. The van der Waals surface area contributed by atoms with E-state index in [4.69, 9.17) is 17.3 Å². The number of nitrogens with two attached hydrogens (primary N) is 1. The minimum absolute atomic E-state index is 0.188. The fourth-order valence-corrected chi connectivity index (χ4v) is 2.30. The van der Waals surface area contributed by atoms with E-state index in [1.807, 2.05) is 30.3 Å². The molecule has 0 atom stereocenters. The highest BCUT2D eigenvalue weighted by Gasteiger charge is 2.11. The molecule has 0 spiro atoms. The molecule has 0 aliphatic heterocycles. The molecule has 8 heteroatoms. The smallest absolute Gasteiger partial charge is 0.224 e. The van der Waals surface area contributed by atoms with Gasteiger partial charge in [-0.3, -0.25) is 0 Å². The van der Waals surface area contributed by atoms with Crippen molar-refractivity contribution >= 4 is 34.4 Å². The molecule has 0 aliphatic carbocycles. The van der Waals surface area contributed by atoms with Crippen molar-refractivity contribution in [3.05, 3.63) is 42.1 Å². The first kappa shape index (κ1) is 14.6. The Hall–Kier alpha value is -2.38. The van der Waals surface area contributed by atoms with Crippen LogP contribution in [0, 0.1) is 0 Å². The highest BCUT2D eigenvalue weighted by Crippen LogP contribution is 2.20. The lowest BCUT2D eigenvalue weighted by molar-refractivity contribution is 0.681. The Balaban J connectivity index is 1.78. The van der Waals surface area contributed by atoms with Crippen molar-refractivity contribution in [3.63, 3.8) is 0 Å². The van der Waals surface area contributed by atoms with E-state index >= 15 is 0 Å². The summed E-state index contributed by atoms with van der Waals surface area (Å²) in [6, 6.07) is 10.0. The molecule has 0 saturated heterocycles. The Morgan fingerprint density at radius 2 is 2.00 bits per heavy atom. The Morgan fingerprint density at radius 3 is 2.77 bits per heavy atom. The molecule has 7 nitrogen and oxygen atoms in total. The van der Waals surface area contributed by atoms with Crippen molar-refractivity contribution in [1.82, 2.24) is 25.2 Å². The lowest BCUT2D eigenvalue weighted by Crippen LogP contribution is -2.22. The predicted molar refractivity (Wildman–Crippen MR) is 87.4 cm³/mol. The summed E-state index contributed by atoms with van der Waals surface area (Å²) in [5.74, 6) is 1.24. The summed E-state index contributed by atoms with van der Waals surface area (Å²) in [6.07, 6.45) is 1.70. The van der Waals surface area contributed by atoms with Gasteiger partial charge in [-0.1, -0.05) is 30.3 Å². The number of nitrogen functional groups attached to an aromatic ring is 1. The number of hydrogen-bond donors (Lipinski definition) is 3. The van der Waals surface area contributed by atoms with Gasteiger partial charge >= 0.3 is 0 Å². The Bertz CT molecular complexity index is 756. The standard InChI is InChI=1S/C14H16ClN7/c15-6-7-22-13-11(9-18-22)12(19-14(16)20-13)21-17-8-10-4-2-1-3-5-10/h1-5,9,17H,6-8H2,(H3,16,19,20,21). The van der Waals surface area contributed by atoms with Crippen LogP contribution >= 0.6 is 11.6 Å². The minimum atomic E-state index is 0.188. The molecule has 3 rings (SSSR count). The zero-order valence-electron chi connectivity index (χ0n) is 11.8. The largest absolute Gasteiger partial charge is 0.368 e. The van der Waals surface area contributed by atoms with Gasteiger partial charge < -0.3 is 11.2 Å². The molecule has 22 heavy (non-hydrogen) atoms. The first-order chi connectivity index (χ1) is 10.8. The summed E-state index contributed by atoms with van der Waals surface area (Å²) < 4.78 is 1.71. The van der Waals surface area contributed by atoms with Crippen LogP contribution in [0.2, 0.25) is 0 Å². The van der Waals surface area contributed by atoms with Crippen molar-refractivity contribution in [1.29, 1.82) is 0 Å². The predicted octanol–water partition coefficient (Wildman–Crippen LogP) is 1.76. The van der Waals surface area contributed by atoms with Crippen LogP contribution in [-0.2, 0) is 13.1 Å².